The van der Waals surface area contributed by atoms with Gasteiger partial charge in [-0.2, -0.15) is 0 Å². The highest BCUT2D eigenvalue weighted by Crippen LogP contribution is 2.32. The summed E-state index contributed by atoms with van der Waals surface area (Å²) in [6.45, 7) is 0. The Labute approximate surface area is 269 Å². The van der Waals surface area contributed by atoms with Gasteiger partial charge in [-0.3, -0.25) is 0 Å². The third kappa shape index (κ3) is 5.45. The second-order valence-corrected chi connectivity index (χ2v) is 11.3. The van der Waals surface area contributed by atoms with E-state index in [0.717, 1.165) is 32.7 Å². The van der Waals surface area contributed by atoms with Gasteiger partial charge in [0.25, 0.3) is 0 Å². The van der Waals surface area contributed by atoms with Crippen molar-refractivity contribution in [3.63, 3.8) is 0 Å². The monoisotopic (exact) mass is 590 g/mol. The molecule has 0 fully saturated rings. The van der Waals surface area contributed by atoms with Crippen LogP contribution in [0.1, 0.15) is 33.4 Å². The van der Waals surface area contributed by atoms with Gasteiger partial charge in [0.1, 0.15) is 0 Å². The molecule has 2 nitrogen and oxygen atoms in total. The molecular formula is C44H30O2. The van der Waals surface area contributed by atoms with Crippen molar-refractivity contribution in [1.82, 2.24) is 0 Å². The van der Waals surface area contributed by atoms with Crippen molar-refractivity contribution < 1.29 is 10.2 Å². The van der Waals surface area contributed by atoms with Crippen molar-refractivity contribution >= 4 is 21.5 Å². The van der Waals surface area contributed by atoms with Gasteiger partial charge in [0.05, 0.1) is 0 Å². The molecule has 0 radical (unpaired) electrons. The van der Waals surface area contributed by atoms with Crippen molar-refractivity contribution in [2.24, 2.45) is 0 Å². The smallest absolute Gasteiger partial charge is 0.177 e. The van der Waals surface area contributed by atoms with Crippen molar-refractivity contribution in [2.45, 2.75) is 11.2 Å². The van der Waals surface area contributed by atoms with E-state index in [1.165, 1.54) is 0 Å². The second kappa shape index (κ2) is 12.2. The summed E-state index contributed by atoms with van der Waals surface area (Å²) in [4.78, 5) is 0. The summed E-state index contributed by atoms with van der Waals surface area (Å²) in [5.41, 5.74) is 1.47. The van der Waals surface area contributed by atoms with Gasteiger partial charge in [-0.05, 0) is 45.8 Å². The fourth-order valence-corrected chi connectivity index (χ4v) is 5.92. The lowest BCUT2D eigenvalue weighted by molar-refractivity contribution is 0.145. The molecule has 7 aromatic carbocycles. The molecule has 0 unspecified atom stereocenters. The normalized spacial score (nSPS) is 11.3. The highest BCUT2D eigenvalue weighted by Gasteiger charge is 2.30. The number of benzene rings is 7. The van der Waals surface area contributed by atoms with Crippen LogP contribution in [-0.2, 0) is 11.2 Å². The van der Waals surface area contributed by atoms with Gasteiger partial charge in [0.15, 0.2) is 11.2 Å². The van der Waals surface area contributed by atoms with Gasteiger partial charge in [-0.25, -0.2) is 0 Å². The Balaban J connectivity index is 1.37. The molecule has 0 spiro atoms. The fourth-order valence-electron chi connectivity index (χ4n) is 5.92. The molecule has 0 saturated heterocycles. The van der Waals surface area contributed by atoms with E-state index in [1.54, 1.807) is 0 Å². The Kier molecular flexibility index (Phi) is 7.67. The van der Waals surface area contributed by atoms with Gasteiger partial charge in [-0.1, -0.05) is 169 Å². The van der Waals surface area contributed by atoms with Crippen LogP contribution in [0.2, 0.25) is 0 Å². The molecule has 0 bridgehead atoms. The van der Waals surface area contributed by atoms with Crippen LogP contribution in [-0.4, -0.2) is 10.2 Å². The highest BCUT2D eigenvalue weighted by atomic mass is 16.3. The predicted molar refractivity (Wildman–Crippen MR) is 187 cm³/mol. The van der Waals surface area contributed by atoms with E-state index in [2.05, 4.69) is 47.9 Å². The summed E-state index contributed by atoms with van der Waals surface area (Å²) >= 11 is 0. The maximum Gasteiger partial charge on any atom is 0.177 e. The Bertz CT molecular complexity index is 2030. The number of rotatable bonds is 4. The molecule has 7 aromatic rings. The first-order chi connectivity index (χ1) is 22.5. The van der Waals surface area contributed by atoms with E-state index < -0.39 is 11.2 Å². The minimum Gasteiger partial charge on any atom is -0.369 e. The van der Waals surface area contributed by atoms with E-state index >= 15 is 0 Å². The minimum absolute atomic E-state index is 0.710. The van der Waals surface area contributed by atoms with Crippen LogP contribution in [0.5, 0.6) is 0 Å². The SMILES string of the molecule is OC(C#Cc1cccc2cc3cccc(C#CC(O)(c4ccccc4)c4ccccc4)c3cc12)(c1ccccc1)c1ccccc1. The fraction of sp³-hybridized carbons (Fsp3) is 0.0455. The first kappa shape index (κ1) is 28.8. The molecule has 0 atom stereocenters. The molecule has 0 aliphatic heterocycles. The van der Waals surface area contributed by atoms with Crippen LogP contribution in [0.3, 0.4) is 0 Å². The molecule has 218 valence electrons. The molecule has 7 rings (SSSR count). The molecule has 0 heterocycles. The third-order valence-corrected chi connectivity index (χ3v) is 8.40. The van der Waals surface area contributed by atoms with Crippen LogP contribution in [0.25, 0.3) is 21.5 Å². The van der Waals surface area contributed by atoms with Gasteiger partial charge in [0, 0.05) is 33.4 Å². The van der Waals surface area contributed by atoms with Crippen LogP contribution in [0.4, 0.5) is 0 Å². The van der Waals surface area contributed by atoms with Crippen LogP contribution < -0.4 is 0 Å². The zero-order valence-electron chi connectivity index (χ0n) is 25.1. The highest BCUT2D eigenvalue weighted by molar-refractivity contribution is 6.02. The Morgan fingerprint density at radius 3 is 1.00 bits per heavy atom. The summed E-state index contributed by atoms with van der Waals surface area (Å²) < 4.78 is 0. The number of fused-ring (bicyclic) bond motifs is 2. The van der Waals surface area contributed by atoms with E-state index in [-0.39, 0.29) is 0 Å². The van der Waals surface area contributed by atoms with Crippen molar-refractivity contribution in [3.05, 3.63) is 203 Å². The minimum atomic E-state index is -1.49. The molecule has 2 N–H and O–H groups in total. The largest absolute Gasteiger partial charge is 0.369 e. The van der Waals surface area contributed by atoms with Crippen molar-refractivity contribution in [1.29, 1.82) is 0 Å². The average molecular weight is 591 g/mol. The van der Waals surface area contributed by atoms with Crippen LogP contribution in [0, 0.1) is 23.7 Å². The van der Waals surface area contributed by atoms with Crippen molar-refractivity contribution in [3.8, 4) is 23.7 Å². The van der Waals surface area contributed by atoms with E-state index in [1.807, 2.05) is 146 Å². The topological polar surface area (TPSA) is 40.5 Å². The van der Waals surface area contributed by atoms with Gasteiger partial charge < -0.3 is 10.2 Å². The Morgan fingerprint density at radius 2 is 0.674 bits per heavy atom. The number of aliphatic hydroxyl groups is 2. The van der Waals surface area contributed by atoms with E-state index in [9.17, 15) is 10.2 Å². The quantitative estimate of drug-likeness (QED) is 0.159. The van der Waals surface area contributed by atoms with E-state index in [0.29, 0.717) is 22.3 Å². The molecule has 0 saturated carbocycles. The molecule has 0 aromatic heterocycles. The number of hydrogen-bond donors (Lipinski definition) is 2. The first-order valence-corrected chi connectivity index (χ1v) is 15.2. The van der Waals surface area contributed by atoms with Gasteiger partial charge in [-0.15, -0.1) is 0 Å². The zero-order valence-corrected chi connectivity index (χ0v) is 25.1. The Hall–Kier alpha value is -5.90. The Morgan fingerprint density at radius 1 is 0.348 bits per heavy atom. The maximum absolute atomic E-state index is 12.0. The standard InChI is InChI=1S/C44H30O2/c45-43(37-19-5-1-6-20-37,38-21-7-2-8-22-38)29-27-33-15-13-17-35-31-36-18-14-16-34(42(36)32-41(33)35)28-30-44(46,39-23-9-3-10-24-39)40-25-11-4-12-26-40/h1-26,31-32,45-46H. The average Bonchev–Trinajstić information content (AvgIpc) is 3.13. The molecular weight excluding hydrogens is 560 g/mol. The summed E-state index contributed by atoms with van der Waals surface area (Å²) in [6, 6.07) is 54.5. The molecule has 0 amide bonds. The third-order valence-electron chi connectivity index (χ3n) is 8.40. The zero-order chi connectivity index (χ0) is 31.4. The van der Waals surface area contributed by atoms with Crippen molar-refractivity contribution in [2.75, 3.05) is 0 Å². The summed E-state index contributed by atoms with van der Waals surface area (Å²) in [7, 11) is 0. The first-order valence-electron chi connectivity index (χ1n) is 15.2. The molecule has 0 aliphatic rings. The van der Waals surface area contributed by atoms with Gasteiger partial charge >= 0.3 is 0 Å². The lowest BCUT2D eigenvalue weighted by Gasteiger charge is -2.23. The molecule has 0 aliphatic carbocycles. The predicted octanol–water partition coefficient (Wildman–Crippen LogP) is 8.57. The van der Waals surface area contributed by atoms with Crippen LogP contribution in [0.15, 0.2) is 170 Å². The van der Waals surface area contributed by atoms with Gasteiger partial charge in [0.2, 0.25) is 0 Å². The summed E-state index contributed by atoms with van der Waals surface area (Å²) in [5, 5.41) is 28.0. The summed E-state index contributed by atoms with van der Waals surface area (Å²) in [5.74, 6) is 13.1. The second-order valence-electron chi connectivity index (χ2n) is 11.3. The molecule has 46 heavy (non-hydrogen) atoms. The lowest BCUT2D eigenvalue weighted by atomic mass is 9.86. The molecule has 2 heteroatoms. The number of hydrogen-bond acceptors (Lipinski definition) is 2. The lowest BCUT2D eigenvalue weighted by Crippen LogP contribution is -2.25. The van der Waals surface area contributed by atoms with Crippen LogP contribution >= 0.6 is 0 Å². The van der Waals surface area contributed by atoms with E-state index in [4.69, 9.17) is 0 Å². The summed E-state index contributed by atoms with van der Waals surface area (Å²) in [6.07, 6.45) is 0. The maximum atomic E-state index is 12.0.